The molecule has 0 aromatic carbocycles. The Bertz CT molecular complexity index is 1860. The first-order valence-electron chi connectivity index (χ1n) is 40.8. The van der Waals surface area contributed by atoms with Crippen LogP contribution in [0.2, 0.25) is 60.4 Å². The number of rotatable bonds is 63. The van der Waals surface area contributed by atoms with Crippen LogP contribution in [0.3, 0.4) is 0 Å². The fraction of sp³-hybridized carbons (Fsp3) is 1.00. The molecule has 0 aliphatic heterocycles. The predicted octanol–water partition coefficient (Wildman–Crippen LogP) is 1.78. The molecule has 0 radical (unpaired) electrons. The molecule has 40 nitrogen and oxygen atoms in total. The Morgan fingerprint density at radius 3 is 0.504 bits per heavy atom. The minimum atomic E-state index is -3.78. The van der Waals surface area contributed by atoms with E-state index < -0.39 is 88.0 Å². The number of hydrogen-bond acceptors (Lipinski definition) is 40. The quantitative estimate of drug-likeness (QED) is 0.0386. The molecule has 0 bridgehead atoms. The molecule has 0 atom stereocenters. The summed E-state index contributed by atoms with van der Waals surface area (Å²) in [5, 5.41) is 0. The van der Waals surface area contributed by atoms with Gasteiger partial charge in [0, 0.05) is 210 Å². The van der Waals surface area contributed by atoms with Crippen LogP contribution in [0.5, 0.6) is 0 Å². The molecule has 0 spiro atoms. The molecular formula is C67H184N10O30Si10. The zero-order valence-corrected chi connectivity index (χ0v) is 88.7. The van der Waals surface area contributed by atoms with Gasteiger partial charge in [-0.3, -0.25) is 0 Å². The molecule has 0 aliphatic carbocycles. The van der Waals surface area contributed by atoms with Crippen LogP contribution in [0.15, 0.2) is 0 Å². The summed E-state index contributed by atoms with van der Waals surface area (Å²) in [5.41, 5.74) is 31.6. The molecule has 0 aromatic rings. The first-order chi connectivity index (χ1) is 54.8. The van der Waals surface area contributed by atoms with Crippen molar-refractivity contribution >= 4 is 88.0 Å². The summed E-state index contributed by atoms with van der Waals surface area (Å²) in [6, 6.07) is 5.69. The maximum absolute atomic E-state index is 8.56. The second kappa shape index (κ2) is 89.9. The second-order valence-corrected chi connectivity index (χ2v) is 52.1. The summed E-state index contributed by atoms with van der Waals surface area (Å²) in [4.78, 5) is 83.6. The van der Waals surface area contributed by atoms with Crippen molar-refractivity contribution in [3.63, 3.8) is 0 Å². The maximum Gasteiger partial charge on any atom is 0.502 e. The SMILES string of the molecule is CCO[Si](CCCN(C)C)(OCC)OCC.CCO[Si](CCCN)(OCC)OCC.CCO[Si](CCN(C)C)(OCC)OCC.CCO[Si](CCN)(OCC)OCC.CN(C)CCC[Si](O)(O)O.CO[Si](CCCN(C)C)(OC)OC.CO[Si](CCCN)(OC)OC.CO[Si](CCN)(OC)OC.NCCC[Si](O)(O)O.NCC[Si](O)(O)O. The number of nitrogens with zero attached hydrogens (tertiary/aromatic N) is 4. The van der Waals surface area contributed by atoms with E-state index in [9.17, 15) is 0 Å². The molecule has 0 fully saturated rings. The van der Waals surface area contributed by atoms with E-state index in [0.29, 0.717) is 137 Å². The second-order valence-electron chi connectivity index (χ2n) is 25.7. The third-order valence-electron chi connectivity index (χ3n) is 14.8. The topological polar surface area (TPSA) is 545 Å². The Hall–Kier alpha value is 0.569. The molecule has 21 N–H and O–H groups in total. The van der Waals surface area contributed by atoms with Crippen LogP contribution in [0.1, 0.15) is 122 Å². The summed E-state index contributed by atoms with van der Waals surface area (Å²) in [6.45, 7) is 38.0. The highest BCUT2D eigenvalue weighted by molar-refractivity contribution is 6.63. The molecule has 0 saturated heterocycles. The Morgan fingerprint density at radius 2 is 0.342 bits per heavy atom. The van der Waals surface area contributed by atoms with Crippen LogP contribution in [0.25, 0.3) is 0 Å². The lowest BCUT2D eigenvalue weighted by atomic mass is 10.5. The molecule has 117 heavy (non-hydrogen) atoms. The van der Waals surface area contributed by atoms with Gasteiger partial charge < -0.3 is 190 Å². The van der Waals surface area contributed by atoms with E-state index in [4.69, 9.17) is 171 Å². The average Bonchev–Trinajstić information content (AvgIpc) is 0.898. The first-order valence-corrected chi connectivity index (χ1v) is 60.4. The average molecular weight is 1890 g/mol. The molecule has 0 rings (SSSR count). The minimum Gasteiger partial charge on any atom is -0.390 e. The minimum absolute atomic E-state index is 0.0451. The molecule has 50 heteroatoms. The largest absolute Gasteiger partial charge is 0.502 e. The van der Waals surface area contributed by atoms with Crippen LogP contribution in [0, 0.1) is 0 Å². The van der Waals surface area contributed by atoms with Gasteiger partial charge in [-0.15, -0.1) is 0 Å². The van der Waals surface area contributed by atoms with E-state index in [1.165, 1.54) is 0 Å². The van der Waals surface area contributed by atoms with Crippen molar-refractivity contribution in [3.05, 3.63) is 0 Å². The fourth-order valence-corrected chi connectivity index (χ4v) is 26.3. The van der Waals surface area contributed by atoms with Crippen LogP contribution in [-0.4, -0.2) is 416 Å². The van der Waals surface area contributed by atoms with Gasteiger partial charge in [-0.05, 0) is 237 Å². The summed E-state index contributed by atoms with van der Waals surface area (Å²) in [7, 11) is 2.77. The van der Waals surface area contributed by atoms with Gasteiger partial charge in [-0.2, -0.15) is 0 Å². The molecule has 0 amide bonds. The highest BCUT2D eigenvalue weighted by Crippen LogP contribution is 2.22. The third-order valence-corrected chi connectivity index (χ3v) is 38.7. The van der Waals surface area contributed by atoms with Crippen molar-refractivity contribution in [2.24, 2.45) is 34.4 Å². The molecule has 0 unspecified atom stereocenters. The fourth-order valence-electron chi connectivity index (χ4n) is 9.41. The smallest absolute Gasteiger partial charge is 0.390 e. The van der Waals surface area contributed by atoms with Gasteiger partial charge >= 0.3 is 88.0 Å². The van der Waals surface area contributed by atoms with Gasteiger partial charge in [0.1, 0.15) is 0 Å². The third kappa shape index (κ3) is 91.1. The van der Waals surface area contributed by atoms with E-state index in [1.54, 1.807) is 64.0 Å². The van der Waals surface area contributed by atoms with E-state index in [1.807, 2.05) is 116 Å². The van der Waals surface area contributed by atoms with E-state index in [0.717, 1.165) is 82.1 Å². The van der Waals surface area contributed by atoms with Gasteiger partial charge in [-0.1, -0.05) is 0 Å². The lowest BCUT2D eigenvalue weighted by Gasteiger charge is -2.29. The summed E-state index contributed by atoms with van der Waals surface area (Å²) < 4.78 is 115. The Balaban J connectivity index is -0.000000137. The Morgan fingerprint density at radius 1 is 0.188 bits per heavy atom. The lowest BCUT2D eigenvalue weighted by Crippen LogP contribution is -2.47. The highest BCUT2D eigenvalue weighted by atomic mass is 28.4. The van der Waals surface area contributed by atoms with E-state index in [2.05, 4.69) is 42.9 Å². The summed E-state index contributed by atoms with van der Waals surface area (Å²) in [6.07, 6.45) is 4.96. The van der Waals surface area contributed by atoms with Crippen molar-refractivity contribution in [2.75, 3.05) is 265 Å². The van der Waals surface area contributed by atoms with Crippen LogP contribution in [0.4, 0.5) is 0 Å². The lowest BCUT2D eigenvalue weighted by molar-refractivity contribution is 0.0689. The normalized spacial score (nSPS) is 12.2. The van der Waals surface area contributed by atoms with Gasteiger partial charge in [0.25, 0.3) is 0 Å². The van der Waals surface area contributed by atoms with Crippen molar-refractivity contribution in [2.45, 2.75) is 182 Å². The highest BCUT2D eigenvalue weighted by Gasteiger charge is 2.44. The van der Waals surface area contributed by atoms with Crippen molar-refractivity contribution in [3.8, 4) is 0 Å². The first kappa shape index (κ1) is 138. The molecule has 0 heterocycles. The van der Waals surface area contributed by atoms with Gasteiger partial charge in [0.2, 0.25) is 0 Å². The number of hydrogen-bond donors (Lipinski definition) is 15. The molecule has 0 saturated carbocycles. The van der Waals surface area contributed by atoms with Gasteiger partial charge in [0.15, 0.2) is 0 Å². The molecular weight excluding hydrogens is 1710 g/mol. The molecule has 0 aromatic heterocycles. The summed E-state index contributed by atoms with van der Waals surface area (Å²) >= 11 is 0. The van der Waals surface area contributed by atoms with Gasteiger partial charge in [-0.25, -0.2) is 0 Å². The molecule has 722 valence electrons. The zero-order chi connectivity index (χ0) is 93.0. The Labute approximate surface area is 721 Å². The molecule has 0 aliphatic rings. The number of nitrogens with two attached hydrogens (primary N) is 6. The van der Waals surface area contributed by atoms with Crippen molar-refractivity contribution < 1.29 is 136 Å². The van der Waals surface area contributed by atoms with Crippen LogP contribution < -0.4 is 34.4 Å². The van der Waals surface area contributed by atoms with Crippen molar-refractivity contribution in [1.82, 2.24) is 19.6 Å². The Kier molecular flexibility index (Phi) is 106. The summed E-state index contributed by atoms with van der Waals surface area (Å²) in [5.74, 6) is 0. The zero-order valence-electron chi connectivity index (χ0n) is 78.7. The standard InChI is InChI=1S/C11H27NO3Si.C10H25NO3Si.C9H23NO3Si.2C8H21NO3Si.C6H17NO3Si.2C5H15NO3Si.C3H11NO3Si.C2H9NO3Si/c1-6-13-16(14-7-2,15-8-3)11-9-10-12(4)5;1-6-12-15(13-7-2,14-8-3)10-9-11(4)5;1-4-11-14(12-5-2,13-6-3)9-7-8-10;1-9(2)7-6-8-13(10-3,11-4)12-5;1-4-10-13(8-7-9,11-5-2)12-6-3;1-8-11(9-2,10-3)6-4-5-7;1-7-10(8-2,9-3)5-4-6;1-6(2)4-3-5-10(7,8)9;4-2-1-3-8(5,6)7;3-1-2-7(4,5)6/h6-11H2,1-5H3;6-10H2,1-5H3;4-10H2,1-3H3;6-8H2,1-5H3;4-9H2,1-3H3;4-7H2,1-3H3;4-6H2,1-3H3;7-9H,3-5H2,1-2H3;5-7H,1-4H2;4-6H,1-3H2. The monoisotopic (exact) mass is 1890 g/mol. The van der Waals surface area contributed by atoms with Crippen molar-refractivity contribution in [1.29, 1.82) is 0 Å². The maximum atomic E-state index is 8.56. The van der Waals surface area contributed by atoms with Crippen LogP contribution in [-0.2, 0) is 92.9 Å². The van der Waals surface area contributed by atoms with Gasteiger partial charge in [0.05, 0.1) is 0 Å². The van der Waals surface area contributed by atoms with E-state index >= 15 is 0 Å². The van der Waals surface area contributed by atoms with E-state index in [-0.39, 0.29) is 24.7 Å². The van der Waals surface area contributed by atoms with Crippen LogP contribution >= 0.6 is 0 Å². The predicted molar refractivity (Wildman–Crippen MR) is 484 cm³/mol.